The predicted octanol–water partition coefficient (Wildman–Crippen LogP) is 4.79. The van der Waals surface area contributed by atoms with E-state index in [4.69, 9.17) is 23.2 Å². The SMILES string of the molecule is Cc1ccc(-c2nc(CCNC(=O)c3nc(Cl)ccc3Cl)cs2)cc1. The highest BCUT2D eigenvalue weighted by Gasteiger charge is 2.13. The van der Waals surface area contributed by atoms with E-state index >= 15 is 0 Å². The van der Waals surface area contributed by atoms with Crippen molar-refractivity contribution in [3.8, 4) is 10.6 Å². The number of aryl methyl sites for hydroxylation is 1. The molecule has 1 aromatic carbocycles. The Morgan fingerprint density at radius 2 is 1.88 bits per heavy atom. The van der Waals surface area contributed by atoms with Gasteiger partial charge in [-0.25, -0.2) is 9.97 Å². The number of hydrogen-bond donors (Lipinski definition) is 1. The summed E-state index contributed by atoms with van der Waals surface area (Å²) in [7, 11) is 0. The van der Waals surface area contributed by atoms with Crippen molar-refractivity contribution in [2.45, 2.75) is 13.3 Å². The van der Waals surface area contributed by atoms with Gasteiger partial charge in [0.15, 0.2) is 0 Å². The van der Waals surface area contributed by atoms with Crippen molar-refractivity contribution >= 4 is 40.4 Å². The number of nitrogens with one attached hydrogen (secondary N) is 1. The van der Waals surface area contributed by atoms with Gasteiger partial charge in [0.2, 0.25) is 0 Å². The number of amides is 1. The van der Waals surface area contributed by atoms with Crippen LogP contribution in [0.25, 0.3) is 10.6 Å². The van der Waals surface area contributed by atoms with E-state index in [2.05, 4.69) is 46.5 Å². The van der Waals surface area contributed by atoms with Crippen LogP contribution in [0.3, 0.4) is 0 Å². The fourth-order valence-corrected chi connectivity index (χ4v) is 3.41. The Bertz CT molecular complexity index is 894. The van der Waals surface area contributed by atoms with Crippen molar-refractivity contribution in [2.75, 3.05) is 6.54 Å². The van der Waals surface area contributed by atoms with Crippen LogP contribution in [-0.2, 0) is 6.42 Å². The largest absolute Gasteiger partial charge is 0.350 e. The number of carbonyl (C=O) groups is 1. The number of nitrogens with zero attached hydrogens (tertiary/aromatic N) is 2. The van der Waals surface area contributed by atoms with E-state index in [1.54, 1.807) is 23.5 Å². The Morgan fingerprint density at radius 1 is 1.12 bits per heavy atom. The molecule has 0 unspecified atom stereocenters. The third-order valence-corrected chi connectivity index (χ3v) is 5.00. The lowest BCUT2D eigenvalue weighted by atomic mass is 10.2. The number of thiazole rings is 1. The predicted molar refractivity (Wildman–Crippen MR) is 103 cm³/mol. The average molecular weight is 392 g/mol. The smallest absolute Gasteiger partial charge is 0.271 e. The third kappa shape index (κ3) is 4.57. The Balaban J connectivity index is 1.58. The first-order chi connectivity index (χ1) is 12.0. The molecule has 1 N–H and O–H groups in total. The van der Waals surface area contributed by atoms with E-state index in [1.807, 2.05) is 5.38 Å². The first-order valence-electron chi connectivity index (χ1n) is 7.64. The molecule has 0 atom stereocenters. The zero-order valence-corrected chi connectivity index (χ0v) is 15.8. The molecule has 3 aromatic rings. The summed E-state index contributed by atoms with van der Waals surface area (Å²) < 4.78 is 0. The summed E-state index contributed by atoms with van der Waals surface area (Å²) in [6.45, 7) is 2.50. The van der Waals surface area contributed by atoms with Gasteiger partial charge < -0.3 is 5.32 Å². The van der Waals surface area contributed by atoms with Crippen LogP contribution < -0.4 is 5.32 Å². The van der Waals surface area contributed by atoms with E-state index < -0.39 is 0 Å². The number of benzene rings is 1. The maximum Gasteiger partial charge on any atom is 0.271 e. The number of halogens is 2. The number of rotatable bonds is 5. The molecular weight excluding hydrogens is 377 g/mol. The molecule has 0 aliphatic carbocycles. The van der Waals surface area contributed by atoms with Crippen molar-refractivity contribution in [3.63, 3.8) is 0 Å². The molecule has 2 aromatic heterocycles. The fraction of sp³-hybridized carbons (Fsp3) is 0.167. The summed E-state index contributed by atoms with van der Waals surface area (Å²) >= 11 is 13.4. The maximum absolute atomic E-state index is 12.1. The van der Waals surface area contributed by atoms with Crippen molar-refractivity contribution in [2.24, 2.45) is 0 Å². The molecule has 0 fully saturated rings. The molecule has 0 aliphatic heterocycles. The highest BCUT2D eigenvalue weighted by atomic mass is 35.5. The van der Waals surface area contributed by atoms with E-state index in [1.165, 1.54) is 5.56 Å². The van der Waals surface area contributed by atoms with E-state index in [-0.39, 0.29) is 21.8 Å². The van der Waals surface area contributed by atoms with E-state index in [0.717, 1.165) is 16.3 Å². The molecule has 4 nitrogen and oxygen atoms in total. The standard InChI is InChI=1S/C18H15Cl2N3OS/c1-11-2-4-12(5-3-11)18-22-13(10-25-18)8-9-21-17(24)16-14(19)6-7-15(20)23-16/h2-7,10H,8-9H2,1H3,(H,21,24). The molecule has 0 saturated carbocycles. The molecule has 0 saturated heterocycles. The van der Waals surface area contributed by atoms with Gasteiger partial charge in [-0.15, -0.1) is 11.3 Å². The molecule has 0 radical (unpaired) electrons. The minimum atomic E-state index is -0.346. The van der Waals surface area contributed by atoms with Crippen LogP contribution in [-0.4, -0.2) is 22.4 Å². The summed E-state index contributed by atoms with van der Waals surface area (Å²) in [5, 5.41) is 6.28. The van der Waals surface area contributed by atoms with Crippen LogP contribution in [0.5, 0.6) is 0 Å². The second kappa shape index (κ2) is 7.95. The Labute approximate surface area is 159 Å². The van der Waals surface area contributed by atoms with Crippen LogP contribution in [0, 0.1) is 6.92 Å². The molecule has 0 bridgehead atoms. The second-order valence-corrected chi connectivity index (χ2v) is 7.13. The number of carbonyl (C=O) groups excluding carboxylic acids is 1. The summed E-state index contributed by atoms with van der Waals surface area (Å²) in [5.74, 6) is -0.346. The lowest BCUT2D eigenvalue weighted by molar-refractivity contribution is 0.0949. The topological polar surface area (TPSA) is 54.9 Å². The molecule has 1 amide bonds. The minimum absolute atomic E-state index is 0.132. The van der Waals surface area contributed by atoms with Gasteiger partial charge in [0.1, 0.15) is 15.9 Å². The summed E-state index contributed by atoms with van der Waals surface area (Å²) in [5.41, 5.74) is 3.39. The van der Waals surface area contributed by atoms with Gasteiger partial charge in [0.05, 0.1) is 10.7 Å². The van der Waals surface area contributed by atoms with Gasteiger partial charge in [-0.3, -0.25) is 4.79 Å². The van der Waals surface area contributed by atoms with Gasteiger partial charge in [-0.2, -0.15) is 0 Å². The van der Waals surface area contributed by atoms with Crippen LogP contribution in [0.2, 0.25) is 10.2 Å². The lowest BCUT2D eigenvalue weighted by Crippen LogP contribution is -2.27. The molecule has 0 spiro atoms. The first-order valence-corrected chi connectivity index (χ1v) is 9.28. The normalized spacial score (nSPS) is 10.7. The van der Waals surface area contributed by atoms with E-state index in [0.29, 0.717) is 13.0 Å². The van der Waals surface area contributed by atoms with E-state index in [9.17, 15) is 4.79 Å². The Hall–Kier alpha value is -1.95. The van der Waals surface area contributed by atoms with Crippen LogP contribution >= 0.6 is 34.5 Å². The van der Waals surface area contributed by atoms with Crippen LogP contribution in [0.15, 0.2) is 41.8 Å². The zero-order chi connectivity index (χ0) is 17.8. The number of aromatic nitrogens is 2. The van der Waals surface area contributed by atoms with Gasteiger partial charge in [0.25, 0.3) is 5.91 Å². The maximum atomic E-state index is 12.1. The first kappa shape index (κ1) is 17.9. The monoisotopic (exact) mass is 391 g/mol. The highest BCUT2D eigenvalue weighted by molar-refractivity contribution is 7.13. The molecule has 0 aliphatic rings. The van der Waals surface area contributed by atoms with Gasteiger partial charge in [0, 0.05) is 23.9 Å². The van der Waals surface area contributed by atoms with Crippen LogP contribution in [0.4, 0.5) is 0 Å². The summed E-state index contributed by atoms with van der Waals surface area (Å²) in [6, 6.07) is 11.4. The molecule has 7 heteroatoms. The zero-order valence-electron chi connectivity index (χ0n) is 13.4. The van der Waals surface area contributed by atoms with Gasteiger partial charge in [-0.1, -0.05) is 53.0 Å². The Kier molecular flexibility index (Phi) is 5.68. The molecule has 25 heavy (non-hydrogen) atoms. The molecular formula is C18H15Cl2N3OS. The van der Waals surface area contributed by atoms with Crippen molar-refractivity contribution < 1.29 is 4.79 Å². The highest BCUT2D eigenvalue weighted by Crippen LogP contribution is 2.24. The quantitative estimate of drug-likeness (QED) is 0.635. The second-order valence-electron chi connectivity index (χ2n) is 5.48. The molecule has 3 rings (SSSR count). The molecule has 128 valence electrons. The lowest BCUT2D eigenvalue weighted by Gasteiger charge is -2.05. The third-order valence-electron chi connectivity index (χ3n) is 3.54. The number of pyridine rings is 1. The van der Waals surface area contributed by atoms with Crippen LogP contribution in [0.1, 0.15) is 21.7 Å². The van der Waals surface area contributed by atoms with Crippen molar-refractivity contribution in [1.82, 2.24) is 15.3 Å². The average Bonchev–Trinajstić information content (AvgIpc) is 3.06. The van der Waals surface area contributed by atoms with Crippen molar-refractivity contribution in [3.05, 3.63) is 68.9 Å². The van der Waals surface area contributed by atoms with Gasteiger partial charge in [-0.05, 0) is 19.1 Å². The van der Waals surface area contributed by atoms with Crippen molar-refractivity contribution in [1.29, 1.82) is 0 Å². The van der Waals surface area contributed by atoms with Gasteiger partial charge >= 0.3 is 0 Å². The summed E-state index contributed by atoms with van der Waals surface area (Å²) in [6.07, 6.45) is 0.631. The Morgan fingerprint density at radius 3 is 2.64 bits per heavy atom. The minimum Gasteiger partial charge on any atom is -0.350 e. The number of hydrogen-bond acceptors (Lipinski definition) is 4. The fourth-order valence-electron chi connectivity index (χ4n) is 2.22. The molecule has 2 heterocycles. The summed E-state index contributed by atoms with van der Waals surface area (Å²) in [4.78, 5) is 20.7.